The summed E-state index contributed by atoms with van der Waals surface area (Å²) in [4.78, 5) is 33.4. The molecule has 30 heavy (non-hydrogen) atoms. The molecule has 162 valence electrons. The van der Waals surface area contributed by atoms with Gasteiger partial charge in [0.15, 0.2) is 0 Å². The first-order valence-corrected chi connectivity index (χ1v) is 10.1. The summed E-state index contributed by atoms with van der Waals surface area (Å²) in [5, 5.41) is 23.1. The molecule has 0 fully saturated rings. The average molecular weight is 463 g/mol. The van der Waals surface area contributed by atoms with E-state index in [-0.39, 0.29) is 17.9 Å². The van der Waals surface area contributed by atoms with E-state index in [1.807, 2.05) is 5.32 Å². The van der Waals surface area contributed by atoms with Crippen LogP contribution in [-0.4, -0.2) is 54.3 Å². The zero-order valence-electron chi connectivity index (χ0n) is 15.4. The van der Waals surface area contributed by atoms with Crippen molar-refractivity contribution < 1.29 is 47.1 Å². The molecular formula is C16H17ClN3O9S+. The second-order valence-electron chi connectivity index (χ2n) is 5.89. The zero-order valence-corrected chi connectivity index (χ0v) is 17.0. The lowest BCUT2D eigenvalue weighted by molar-refractivity contribution is -0.882. The van der Waals surface area contributed by atoms with Gasteiger partial charge in [0.05, 0.1) is 17.7 Å². The van der Waals surface area contributed by atoms with Crippen molar-refractivity contribution in [2.75, 3.05) is 6.61 Å². The Kier molecular flexibility index (Phi) is 7.34. The molecule has 1 aromatic heterocycles. The normalized spacial score (nSPS) is 12.2. The smallest absolute Gasteiger partial charge is 0.440 e. The number of aliphatic carboxylic acids is 2. The van der Waals surface area contributed by atoms with Gasteiger partial charge in [-0.3, -0.25) is 9.59 Å². The van der Waals surface area contributed by atoms with Crippen LogP contribution in [0.25, 0.3) is 0 Å². The largest absolute Gasteiger partial charge is 0.481 e. The van der Waals surface area contributed by atoms with Crippen LogP contribution < -0.4 is 14.8 Å². The highest BCUT2D eigenvalue weighted by molar-refractivity contribution is 7.91. The Morgan fingerprint density at radius 1 is 1.27 bits per heavy atom. The maximum absolute atomic E-state index is 12.8. The number of nitrogens with zero attached hydrogens (tertiary/aromatic N) is 2. The second-order valence-corrected chi connectivity index (χ2v) is 8.19. The van der Waals surface area contributed by atoms with Gasteiger partial charge >= 0.3 is 22.8 Å². The van der Waals surface area contributed by atoms with E-state index in [4.69, 9.17) is 31.2 Å². The third-order valence-electron chi connectivity index (χ3n) is 3.67. The molecule has 0 bridgehead atoms. The van der Waals surface area contributed by atoms with Gasteiger partial charge in [0.2, 0.25) is 11.1 Å². The topological polar surface area (TPSA) is 177 Å². The number of benzene rings is 1. The molecular weight excluding hydrogens is 446 g/mol. The molecule has 1 aromatic carbocycles. The fraction of sp³-hybridized carbons (Fsp3) is 0.312. The van der Waals surface area contributed by atoms with Crippen LogP contribution in [0.5, 0.6) is 5.88 Å². The lowest BCUT2D eigenvalue weighted by Crippen LogP contribution is -2.42. The third-order valence-corrected chi connectivity index (χ3v) is 5.76. The molecule has 2 aromatic rings. The van der Waals surface area contributed by atoms with E-state index in [0.29, 0.717) is 5.02 Å². The first-order valence-electron chi connectivity index (χ1n) is 8.26. The van der Waals surface area contributed by atoms with E-state index >= 15 is 0 Å². The number of ether oxygens (including phenoxy) is 1. The molecule has 12 nitrogen and oxygen atoms in total. The number of carbonyl (C=O) groups is 3. The van der Waals surface area contributed by atoms with Gasteiger partial charge < -0.3 is 20.3 Å². The van der Waals surface area contributed by atoms with Crippen molar-refractivity contribution in [2.45, 2.75) is 28.8 Å². The summed E-state index contributed by atoms with van der Waals surface area (Å²) < 4.78 is 36.6. The minimum atomic E-state index is -4.09. The Labute approximate surface area is 174 Å². The number of amides is 1. The van der Waals surface area contributed by atoms with Crippen LogP contribution in [0.1, 0.15) is 12.8 Å². The molecule has 2 rings (SSSR count). The summed E-state index contributed by atoms with van der Waals surface area (Å²) in [5.41, 5.74) is 0. The number of carboxylic acids is 2. The lowest BCUT2D eigenvalue weighted by Gasteiger charge is -2.11. The van der Waals surface area contributed by atoms with Crippen LogP contribution in [-0.2, 0) is 31.3 Å². The SMILES string of the molecule is C[n+]1onc(OCCC(=O)N[C@@H](CC(=O)O)C(=O)O)c1S(=O)(=O)c1ccc(Cl)cc1. The summed E-state index contributed by atoms with van der Waals surface area (Å²) >= 11 is 5.77. The summed E-state index contributed by atoms with van der Waals surface area (Å²) in [6, 6.07) is 3.75. The molecule has 1 amide bonds. The van der Waals surface area contributed by atoms with E-state index < -0.39 is 51.1 Å². The van der Waals surface area contributed by atoms with Crippen molar-refractivity contribution in [3.05, 3.63) is 29.3 Å². The highest BCUT2D eigenvalue weighted by Gasteiger charge is 2.37. The summed E-state index contributed by atoms with van der Waals surface area (Å²) in [6.45, 7) is -0.374. The van der Waals surface area contributed by atoms with Gasteiger partial charge in [-0.1, -0.05) is 16.2 Å². The standard InChI is InChI=1S/C16H16ClN3O9S/c1-20-15(30(26,27)10-4-2-9(17)3-5-10)14(19-29-20)28-7-6-12(21)18-11(16(24)25)8-13(22)23/h2-5,11H,6-8H2,1H3,(H2-,18,21,22,23,24,25)/p+1/t11-/m0/s1. The molecule has 3 N–H and O–H groups in total. The predicted octanol–water partition coefficient (Wildman–Crippen LogP) is -0.202. The maximum Gasteiger partial charge on any atom is 0.440 e. The Balaban J connectivity index is 2.07. The molecule has 0 aliphatic rings. The molecule has 0 aliphatic heterocycles. The molecule has 1 atom stereocenters. The van der Waals surface area contributed by atoms with Crippen LogP contribution in [0.3, 0.4) is 0 Å². The summed E-state index contributed by atoms with van der Waals surface area (Å²) in [6.07, 6.45) is -1.19. The number of halogens is 1. The number of aromatic nitrogens is 2. The van der Waals surface area contributed by atoms with Gasteiger partial charge in [-0.2, -0.15) is 0 Å². The van der Waals surface area contributed by atoms with Gasteiger partial charge in [0.25, 0.3) is 9.84 Å². The van der Waals surface area contributed by atoms with Gasteiger partial charge in [-0.25, -0.2) is 13.2 Å². The molecule has 14 heteroatoms. The number of carbonyl (C=O) groups excluding carboxylic acids is 1. The first-order chi connectivity index (χ1) is 14.0. The lowest BCUT2D eigenvalue weighted by atomic mass is 10.2. The highest BCUT2D eigenvalue weighted by Crippen LogP contribution is 2.26. The zero-order chi connectivity index (χ0) is 22.5. The Bertz CT molecular complexity index is 1050. The van der Waals surface area contributed by atoms with Crippen molar-refractivity contribution in [3.63, 3.8) is 0 Å². The van der Waals surface area contributed by atoms with E-state index in [9.17, 15) is 22.8 Å². The van der Waals surface area contributed by atoms with Crippen molar-refractivity contribution in [2.24, 2.45) is 7.05 Å². The van der Waals surface area contributed by atoms with Crippen LogP contribution in [0.4, 0.5) is 0 Å². The first kappa shape index (κ1) is 23.1. The number of aryl methyl sites for hydroxylation is 1. The number of rotatable bonds is 10. The summed E-state index contributed by atoms with van der Waals surface area (Å²) in [5.74, 6) is -4.11. The minimum absolute atomic E-state index is 0.0914. The molecule has 0 saturated heterocycles. The molecule has 0 aliphatic carbocycles. The van der Waals surface area contributed by atoms with E-state index in [1.165, 1.54) is 31.3 Å². The van der Waals surface area contributed by atoms with Gasteiger partial charge in [-0.15, -0.1) is 0 Å². The monoisotopic (exact) mass is 462 g/mol. The summed E-state index contributed by atoms with van der Waals surface area (Å²) in [7, 11) is -2.80. The quantitative estimate of drug-likeness (QED) is 0.400. The number of sulfone groups is 1. The molecule has 0 saturated carbocycles. The molecule has 0 radical (unpaired) electrons. The second kappa shape index (κ2) is 9.54. The van der Waals surface area contributed by atoms with E-state index in [2.05, 4.69) is 5.16 Å². The van der Waals surface area contributed by atoms with E-state index in [0.717, 1.165) is 4.74 Å². The number of hydrogen-bond acceptors (Lipinski definition) is 8. The van der Waals surface area contributed by atoms with Crippen LogP contribution in [0.2, 0.25) is 5.02 Å². The fourth-order valence-corrected chi connectivity index (χ4v) is 3.83. The van der Waals surface area contributed by atoms with Gasteiger partial charge in [0.1, 0.15) is 19.7 Å². The van der Waals surface area contributed by atoms with E-state index in [1.54, 1.807) is 0 Å². The van der Waals surface area contributed by atoms with Crippen LogP contribution >= 0.6 is 11.6 Å². The number of hydrogen-bond donors (Lipinski definition) is 3. The van der Waals surface area contributed by atoms with Crippen molar-refractivity contribution in [3.8, 4) is 5.88 Å². The average Bonchev–Trinajstić information content (AvgIpc) is 3.02. The molecule has 0 unspecified atom stereocenters. The van der Waals surface area contributed by atoms with Crippen LogP contribution in [0.15, 0.2) is 38.8 Å². The maximum atomic E-state index is 12.8. The third kappa shape index (κ3) is 5.67. The Hall–Kier alpha value is -3.19. The highest BCUT2D eigenvalue weighted by atomic mass is 35.5. The predicted molar refractivity (Wildman–Crippen MR) is 96.5 cm³/mol. The number of carboxylic acid groups (broad SMARTS) is 2. The van der Waals surface area contributed by atoms with Crippen molar-refractivity contribution >= 4 is 39.3 Å². The fourth-order valence-electron chi connectivity index (χ4n) is 2.29. The minimum Gasteiger partial charge on any atom is -0.481 e. The molecule has 1 heterocycles. The molecule has 0 spiro atoms. The van der Waals surface area contributed by atoms with Gasteiger partial charge in [0, 0.05) is 5.02 Å². The van der Waals surface area contributed by atoms with Crippen molar-refractivity contribution in [1.29, 1.82) is 0 Å². The Morgan fingerprint density at radius 3 is 2.47 bits per heavy atom. The Morgan fingerprint density at radius 2 is 1.90 bits per heavy atom. The van der Waals surface area contributed by atoms with Crippen LogP contribution in [0, 0.1) is 0 Å². The van der Waals surface area contributed by atoms with Crippen molar-refractivity contribution in [1.82, 2.24) is 10.5 Å². The van der Waals surface area contributed by atoms with Gasteiger partial charge in [-0.05, 0) is 29.0 Å². The number of nitrogens with one attached hydrogen (secondary N) is 1.